The number of carbonyl (C=O) groups excluding carboxylic acids is 3. The second-order valence-electron chi connectivity index (χ2n) is 6.14. The van der Waals surface area contributed by atoms with Crippen molar-refractivity contribution in [1.82, 2.24) is 14.6 Å². The summed E-state index contributed by atoms with van der Waals surface area (Å²) in [7, 11) is 1.25. The Morgan fingerprint density at radius 3 is 2.77 bits per heavy atom. The number of nitrogens with two attached hydrogens (primary N) is 1. The molecule has 1 aromatic heterocycles. The highest BCUT2D eigenvalue weighted by Gasteiger charge is 2.54. The van der Waals surface area contributed by atoms with Crippen molar-refractivity contribution in [3.05, 3.63) is 23.0 Å². The van der Waals surface area contributed by atoms with Crippen molar-refractivity contribution in [3.63, 3.8) is 0 Å². The number of nitrogens with zero attached hydrogens (tertiary/aromatic N) is 3. The summed E-state index contributed by atoms with van der Waals surface area (Å²) in [6.45, 7) is 0.975. The van der Waals surface area contributed by atoms with Gasteiger partial charge in [0, 0.05) is 24.3 Å². The van der Waals surface area contributed by atoms with Crippen LogP contribution in [0.3, 0.4) is 0 Å². The Morgan fingerprint density at radius 2 is 2.20 bits per heavy atom. The maximum Gasteiger partial charge on any atom is 0.352 e. The molecule has 0 aliphatic carbocycles. The van der Waals surface area contributed by atoms with E-state index in [2.05, 4.69) is 19.7 Å². The molecule has 0 spiro atoms. The molecule has 0 radical (unpaired) electrons. The molecule has 2 amide bonds. The third-order valence-electron chi connectivity index (χ3n) is 4.15. The fourth-order valence-corrected chi connectivity index (χ4v) is 4.72. The molecule has 0 saturated carbocycles. The van der Waals surface area contributed by atoms with Crippen LogP contribution in [0.25, 0.3) is 0 Å². The van der Waals surface area contributed by atoms with E-state index < -0.39 is 35.2 Å². The molecular weight excluding hydrogens is 438 g/mol. The molecule has 30 heavy (non-hydrogen) atoms. The lowest BCUT2D eigenvalue weighted by Crippen LogP contribution is -2.71. The van der Waals surface area contributed by atoms with Crippen molar-refractivity contribution in [2.75, 3.05) is 25.2 Å². The van der Waals surface area contributed by atoms with E-state index in [1.807, 2.05) is 0 Å². The van der Waals surface area contributed by atoms with E-state index in [4.69, 9.17) is 10.5 Å². The smallest absolute Gasteiger partial charge is 0.352 e. The second kappa shape index (κ2) is 8.71. The molecule has 12 nitrogen and oxygen atoms in total. The fourth-order valence-electron chi connectivity index (χ4n) is 2.89. The van der Waals surface area contributed by atoms with Crippen molar-refractivity contribution < 1.29 is 33.9 Å². The van der Waals surface area contributed by atoms with E-state index in [9.17, 15) is 24.3 Å². The van der Waals surface area contributed by atoms with Gasteiger partial charge in [-0.15, -0.1) is 11.8 Å². The molecule has 4 N–H and O–H groups in total. The molecule has 2 atom stereocenters. The zero-order chi connectivity index (χ0) is 22.0. The van der Waals surface area contributed by atoms with Gasteiger partial charge in [0.2, 0.25) is 0 Å². The van der Waals surface area contributed by atoms with Gasteiger partial charge in [-0.05, 0) is 11.5 Å². The summed E-state index contributed by atoms with van der Waals surface area (Å²) in [5.74, 6) is -2.98. The summed E-state index contributed by atoms with van der Waals surface area (Å²) < 4.78 is 8.88. The first kappa shape index (κ1) is 21.6. The number of aliphatic carboxylic acids is 1. The largest absolute Gasteiger partial charge is 0.477 e. The van der Waals surface area contributed by atoms with Gasteiger partial charge in [-0.1, -0.05) is 5.16 Å². The molecule has 2 aliphatic heterocycles. The van der Waals surface area contributed by atoms with E-state index in [0.717, 1.165) is 16.4 Å². The first-order chi connectivity index (χ1) is 14.2. The average Bonchev–Trinajstić information content (AvgIpc) is 3.13. The van der Waals surface area contributed by atoms with Gasteiger partial charge in [0.05, 0.1) is 0 Å². The van der Waals surface area contributed by atoms with Crippen LogP contribution >= 0.6 is 23.3 Å². The lowest BCUT2D eigenvalue weighted by Gasteiger charge is -2.49. The van der Waals surface area contributed by atoms with Crippen molar-refractivity contribution in [2.45, 2.75) is 18.3 Å². The number of carboxylic acids is 1. The Bertz CT molecular complexity index is 973. The Hall–Kier alpha value is -3.13. The van der Waals surface area contributed by atoms with Crippen LogP contribution in [0.2, 0.25) is 0 Å². The SMILES string of the molecule is CO/N=C(\C(=O)N[C@@H]1C(=O)N2C(C(=O)O)=C(COC(C)=O)CS[C@H]12)c1cc(N)sn1. The van der Waals surface area contributed by atoms with Crippen molar-refractivity contribution in [2.24, 2.45) is 5.16 Å². The van der Waals surface area contributed by atoms with E-state index >= 15 is 0 Å². The topological polar surface area (TPSA) is 174 Å². The summed E-state index contributed by atoms with van der Waals surface area (Å²) in [6.07, 6.45) is 0. The van der Waals surface area contributed by atoms with Gasteiger partial charge < -0.3 is 25.7 Å². The minimum atomic E-state index is -1.32. The van der Waals surface area contributed by atoms with Gasteiger partial charge >= 0.3 is 11.9 Å². The molecule has 1 aromatic rings. The van der Waals surface area contributed by atoms with E-state index in [1.165, 1.54) is 31.9 Å². The van der Waals surface area contributed by atoms with Crippen LogP contribution < -0.4 is 11.1 Å². The molecule has 0 bridgehead atoms. The van der Waals surface area contributed by atoms with Gasteiger partial charge in [0.25, 0.3) is 11.8 Å². The highest BCUT2D eigenvalue weighted by molar-refractivity contribution is 8.00. The van der Waals surface area contributed by atoms with Crippen LogP contribution in [-0.4, -0.2) is 74.7 Å². The first-order valence-electron chi connectivity index (χ1n) is 8.42. The quantitative estimate of drug-likeness (QED) is 0.208. The van der Waals surface area contributed by atoms with Crippen LogP contribution in [0.5, 0.6) is 0 Å². The summed E-state index contributed by atoms with van der Waals surface area (Å²) >= 11 is 2.21. The predicted octanol–water partition coefficient (Wildman–Crippen LogP) is -0.622. The predicted molar refractivity (Wildman–Crippen MR) is 106 cm³/mol. The Kier molecular flexibility index (Phi) is 6.26. The number of oxime groups is 1. The van der Waals surface area contributed by atoms with E-state index in [1.54, 1.807) is 0 Å². The van der Waals surface area contributed by atoms with E-state index in [0.29, 0.717) is 10.6 Å². The molecule has 14 heteroatoms. The number of amides is 2. The van der Waals surface area contributed by atoms with Crippen molar-refractivity contribution in [3.8, 4) is 0 Å². The second-order valence-corrected chi connectivity index (χ2v) is 8.08. The zero-order valence-corrected chi connectivity index (χ0v) is 17.4. The van der Waals surface area contributed by atoms with Gasteiger partial charge in [-0.3, -0.25) is 19.3 Å². The maximum atomic E-state index is 12.7. The number of aromatic nitrogens is 1. The molecule has 160 valence electrons. The number of rotatable bonds is 7. The number of esters is 1. The van der Waals surface area contributed by atoms with Crippen LogP contribution in [0.1, 0.15) is 12.6 Å². The minimum absolute atomic E-state index is 0.165. The molecule has 1 saturated heterocycles. The molecule has 3 heterocycles. The Morgan fingerprint density at radius 1 is 1.47 bits per heavy atom. The first-order valence-corrected chi connectivity index (χ1v) is 10.2. The Labute approximate surface area is 178 Å². The highest BCUT2D eigenvalue weighted by Crippen LogP contribution is 2.40. The summed E-state index contributed by atoms with van der Waals surface area (Å²) in [5.41, 5.74) is 5.72. The third-order valence-corrected chi connectivity index (χ3v) is 6.11. The molecule has 1 fully saturated rings. The normalized spacial score (nSPS) is 20.9. The molecule has 2 aliphatic rings. The number of fused-ring (bicyclic) bond motifs is 1. The molecule has 0 unspecified atom stereocenters. The lowest BCUT2D eigenvalue weighted by atomic mass is 10.0. The lowest BCUT2D eigenvalue weighted by molar-refractivity contribution is -0.150. The number of β-lactam (4-membered cyclic amide) rings is 1. The number of anilines is 1. The summed E-state index contributed by atoms with van der Waals surface area (Å²) in [5, 5.41) is 15.5. The van der Waals surface area contributed by atoms with Gasteiger partial charge in [-0.25, -0.2) is 4.79 Å². The molecule has 3 rings (SSSR count). The van der Waals surface area contributed by atoms with Crippen LogP contribution in [0.15, 0.2) is 22.5 Å². The summed E-state index contributed by atoms with van der Waals surface area (Å²) in [4.78, 5) is 53.8. The van der Waals surface area contributed by atoms with Gasteiger partial charge in [-0.2, -0.15) is 4.37 Å². The number of hydrogen-bond donors (Lipinski definition) is 3. The number of ether oxygens (including phenoxy) is 1. The third kappa shape index (κ3) is 4.09. The van der Waals surface area contributed by atoms with Crippen LogP contribution in [0.4, 0.5) is 5.00 Å². The van der Waals surface area contributed by atoms with Gasteiger partial charge in [0.15, 0.2) is 5.71 Å². The fraction of sp³-hybridized carbons (Fsp3) is 0.375. The maximum absolute atomic E-state index is 12.7. The summed E-state index contributed by atoms with van der Waals surface area (Å²) in [6, 6.07) is 0.476. The average molecular weight is 455 g/mol. The minimum Gasteiger partial charge on any atom is -0.477 e. The van der Waals surface area contributed by atoms with Crippen LogP contribution in [-0.2, 0) is 28.8 Å². The molecule has 0 aromatic carbocycles. The number of nitrogens with one attached hydrogen (secondary N) is 1. The number of carboxylic acid groups (broad SMARTS) is 1. The number of carbonyl (C=O) groups is 4. The van der Waals surface area contributed by atoms with Crippen molar-refractivity contribution in [1.29, 1.82) is 0 Å². The standard InChI is InChI=1S/C16H17N5O7S2/c1-6(22)28-4-7-5-29-15-11(14(24)21(15)12(7)16(25)26)18-13(23)10(19-27-2)8-3-9(17)30-20-8/h3,11,15H,4-5,17H2,1-2H3,(H,18,23)(H,25,26)/b19-10-/t11-,15-/m1/s1. The van der Waals surface area contributed by atoms with Crippen LogP contribution in [0, 0.1) is 0 Å². The monoisotopic (exact) mass is 455 g/mol. The Balaban J connectivity index is 1.77. The highest BCUT2D eigenvalue weighted by atomic mass is 32.2. The number of nitrogen functional groups attached to an aromatic ring is 1. The molecular formula is C16H17N5O7S2. The van der Waals surface area contributed by atoms with Crippen molar-refractivity contribution >= 4 is 57.8 Å². The van der Waals surface area contributed by atoms with E-state index in [-0.39, 0.29) is 29.5 Å². The number of thioether (sulfide) groups is 1. The zero-order valence-electron chi connectivity index (χ0n) is 15.8. The number of hydrogen-bond acceptors (Lipinski definition) is 11. The van der Waals surface area contributed by atoms with Gasteiger partial charge in [0.1, 0.15) is 41.5 Å².